The largest absolute Gasteiger partial charge is 0.480 e. The number of aromatic nitrogens is 2. The van der Waals surface area contributed by atoms with Crippen molar-refractivity contribution in [2.45, 2.75) is 57.3 Å². The Kier molecular flexibility index (Phi) is 8.08. The molecule has 2 saturated heterocycles. The van der Waals surface area contributed by atoms with Crippen LogP contribution in [0.1, 0.15) is 49.8 Å². The topological polar surface area (TPSA) is 114 Å². The average Bonchev–Trinajstić information content (AvgIpc) is 3.36. The first-order chi connectivity index (χ1) is 19.5. The highest BCUT2D eigenvalue weighted by atomic mass is 19.4. The van der Waals surface area contributed by atoms with Gasteiger partial charge in [-0.2, -0.15) is 23.1 Å². The van der Waals surface area contributed by atoms with Gasteiger partial charge in [-0.25, -0.2) is 0 Å². The molecule has 2 fully saturated rings. The highest BCUT2D eigenvalue weighted by Crippen LogP contribution is 2.41. The zero-order chi connectivity index (χ0) is 29.2. The Bertz CT molecular complexity index is 1360. The minimum absolute atomic E-state index is 0.0516. The number of nitrogens with zero attached hydrogens (tertiary/aromatic N) is 3. The van der Waals surface area contributed by atoms with E-state index in [0.717, 1.165) is 36.8 Å². The monoisotopic (exact) mass is 569 g/mol. The molecule has 0 radical (unpaired) electrons. The van der Waals surface area contributed by atoms with E-state index in [1.807, 2.05) is 29.2 Å². The molecule has 0 amide bonds. The highest BCUT2D eigenvalue weighted by Gasteiger charge is 2.45. The van der Waals surface area contributed by atoms with Crippen molar-refractivity contribution in [3.8, 4) is 17.0 Å². The van der Waals surface area contributed by atoms with Gasteiger partial charge >= 0.3 is 12.1 Å². The van der Waals surface area contributed by atoms with Crippen molar-refractivity contribution < 1.29 is 27.8 Å². The Balaban J connectivity index is 1.30. The molecule has 8 nitrogen and oxygen atoms in total. The van der Waals surface area contributed by atoms with Crippen molar-refractivity contribution in [3.05, 3.63) is 65.7 Å². The fourth-order valence-corrected chi connectivity index (χ4v) is 5.78. The molecule has 1 unspecified atom stereocenters. The standard InChI is InChI=1S/C30H34F3N5O3/c1-2-3-19-4-6-20(7-5-19)21-8-10-22(11-9-21)26(30(31,32)33)41-25-16-24(36-28(34)37-25)38-14-12-29(13-15-38)17-23(27(39)40)35-18-29/h4-11,16,23,26,35H,2-3,12-15,17-18H2,1H3,(H,39,40)(H2,34,36,37)/t23-,26?/m0/s1. The van der Waals surface area contributed by atoms with Gasteiger partial charge in [0.2, 0.25) is 17.9 Å². The quantitative estimate of drug-likeness (QED) is 0.331. The number of piperidine rings is 1. The lowest BCUT2D eigenvalue weighted by molar-refractivity contribution is -0.198. The molecule has 2 aromatic carbocycles. The van der Waals surface area contributed by atoms with Crippen molar-refractivity contribution in [1.82, 2.24) is 15.3 Å². The van der Waals surface area contributed by atoms with Gasteiger partial charge < -0.3 is 25.8 Å². The van der Waals surface area contributed by atoms with Crippen LogP contribution in [-0.2, 0) is 11.2 Å². The van der Waals surface area contributed by atoms with Crippen LogP contribution in [0.25, 0.3) is 11.1 Å². The second-order valence-electron chi connectivity index (χ2n) is 11.0. The maximum absolute atomic E-state index is 14.2. The molecule has 5 rings (SSSR count). The number of hydrogen-bond donors (Lipinski definition) is 3. The Morgan fingerprint density at radius 3 is 2.32 bits per heavy atom. The van der Waals surface area contributed by atoms with Gasteiger partial charge in [-0.1, -0.05) is 61.9 Å². The van der Waals surface area contributed by atoms with Gasteiger partial charge in [-0.3, -0.25) is 4.79 Å². The van der Waals surface area contributed by atoms with Gasteiger partial charge in [0, 0.05) is 31.3 Å². The van der Waals surface area contributed by atoms with Crippen LogP contribution in [0.2, 0.25) is 0 Å². The SMILES string of the molecule is CCCc1ccc(-c2ccc(C(Oc3cc(N4CCC5(CC4)CN[C@H](C(=O)O)C5)nc(N)n3)C(F)(F)F)cc2)cc1. The minimum Gasteiger partial charge on any atom is -0.480 e. The lowest BCUT2D eigenvalue weighted by atomic mass is 9.76. The fourth-order valence-electron chi connectivity index (χ4n) is 5.78. The summed E-state index contributed by atoms with van der Waals surface area (Å²) < 4.78 is 48.0. The van der Waals surface area contributed by atoms with Crippen LogP contribution >= 0.6 is 0 Å². The number of nitrogen functional groups attached to an aromatic ring is 1. The van der Waals surface area contributed by atoms with E-state index in [4.69, 9.17) is 10.5 Å². The van der Waals surface area contributed by atoms with E-state index in [2.05, 4.69) is 22.2 Å². The molecule has 218 valence electrons. The third kappa shape index (κ3) is 6.56. The van der Waals surface area contributed by atoms with Gasteiger partial charge in [-0.15, -0.1) is 0 Å². The number of aliphatic carboxylic acids is 1. The molecular weight excluding hydrogens is 535 g/mol. The number of carboxylic acids is 1. The van der Waals surface area contributed by atoms with Gasteiger partial charge in [0.15, 0.2) is 0 Å². The van der Waals surface area contributed by atoms with E-state index in [1.54, 1.807) is 12.1 Å². The predicted octanol–water partition coefficient (Wildman–Crippen LogP) is 5.39. The number of rotatable bonds is 8. The summed E-state index contributed by atoms with van der Waals surface area (Å²) in [6, 6.07) is 15.0. The van der Waals surface area contributed by atoms with Gasteiger partial charge in [-0.05, 0) is 47.8 Å². The molecule has 41 heavy (non-hydrogen) atoms. The van der Waals surface area contributed by atoms with E-state index in [9.17, 15) is 23.1 Å². The lowest BCUT2D eigenvalue weighted by Crippen LogP contribution is -2.41. The Morgan fingerprint density at radius 1 is 1.12 bits per heavy atom. The number of halogens is 3. The molecule has 11 heteroatoms. The van der Waals surface area contributed by atoms with Crippen LogP contribution in [0, 0.1) is 5.41 Å². The van der Waals surface area contributed by atoms with Crippen molar-refractivity contribution in [2.24, 2.45) is 5.41 Å². The maximum atomic E-state index is 14.2. The van der Waals surface area contributed by atoms with Crippen molar-refractivity contribution >= 4 is 17.7 Å². The molecule has 1 spiro atoms. The number of anilines is 2. The molecule has 0 bridgehead atoms. The number of aryl methyl sites for hydroxylation is 1. The van der Waals surface area contributed by atoms with E-state index in [0.29, 0.717) is 31.9 Å². The van der Waals surface area contributed by atoms with Crippen LogP contribution < -0.4 is 20.7 Å². The minimum atomic E-state index is -4.70. The lowest BCUT2D eigenvalue weighted by Gasteiger charge is -2.39. The summed E-state index contributed by atoms with van der Waals surface area (Å²) in [5.41, 5.74) is 8.65. The van der Waals surface area contributed by atoms with Crippen molar-refractivity contribution in [2.75, 3.05) is 30.3 Å². The number of hydrogen-bond acceptors (Lipinski definition) is 7. The van der Waals surface area contributed by atoms with Crippen molar-refractivity contribution in [3.63, 3.8) is 0 Å². The van der Waals surface area contributed by atoms with Crippen LogP contribution in [-0.4, -0.2) is 52.9 Å². The van der Waals surface area contributed by atoms with E-state index in [-0.39, 0.29) is 22.8 Å². The summed E-state index contributed by atoms with van der Waals surface area (Å²) >= 11 is 0. The Morgan fingerprint density at radius 2 is 1.76 bits per heavy atom. The molecule has 2 atom stereocenters. The van der Waals surface area contributed by atoms with Gasteiger partial charge in [0.05, 0.1) is 0 Å². The third-order valence-corrected chi connectivity index (χ3v) is 8.09. The van der Waals surface area contributed by atoms with Crippen LogP contribution in [0.3, 0.4) is 0 Å². The third-order valence-electron chi connectivity index (χ3n) is 8.09. The first kappa shape index (κ1) is 28.7. The maximum Gasteiger partial charge on any atom is 0.429 e. The predicted molar refractivity (Wildman–Crippen MR) is 150 cm³/mol. The van der Waals surface area contributed by atoms with Crippen molar-refractivity contribution in [1.29, 1.82) is 0 Å². The van der Waals surface area contributed by atoms with E-state index < -0.39 is 24.3 Å². The molecular formula is C30H34F3N5O3. The first-order valence-corrected chi connectivity index (χ1v) is 13.8. The summed E-state index contributed by atoms with van der Waals surface area (Å²) in [4.78, 5) is 21.5. The molecule has 2 aliphatic rings. The summed E-state index contributed by atoms with van der Waals surface area (Å²) in [5, 5.41) is 12.4. The number of benzene rings is 2. The van der Waals surface area contributed by atoms with E-state index in [1.165, 1.54) is 23.8 Å². The number of alkyl halides is 3. The van der Waals surface area contributed by atoms with E-state index >= 15 is 0 Å². The van der Waals surface area contributed by atoms with Gasteiger partial charge in [0.1, 0.15) is 11.9 Å². The first-order valence-electron chi connectivity index (χ1n) is 13.8. The Labute approximate surface area is 236 Å². The summed E-state index contributed by atoms with van der Waals surface area (Å²) in [6.07, 6.45) is -2.93. The summed E-state index contributed by atoms with van der Waals surface area (Å²) in [7, 11) is 0. The average molecular weight is 570 g/mol. The van der Waals surface area contributed by atoms with Crippen LogP contribution in [0.5, 0.6) is 5.88 Å². The highest BCUT2D eigenvalue weighted by molar-refractivity contribution is 5.74. The molecule has 3 aromatic rings. The number of carboxylic acid groups (broad SMARTS) is 1. The summed E-state index contributed by atoms with van der Waals surface area (Å²) in [5.74, 6) is -0.927. The second-order valence-corrected chi connectivity index (χ2v) is 11.0. The molecule has 3 heterocycles. The second kappa shape index (κ2) is 11.6. The number of nitrogens with two attached hydrogens (primary N) is 1. The zero-order valence-corrected chi connectivity index (χ0v) is 22.8. The number of carbonyl (C=O) groups is 1. The number of nitrogens with one attached hydrogen (secondary N) is 1. The zero-order valence-electron chi connectivity index (χ0n) is 22.8. The number of ether oxygens (including phenoxy) is 1. The fraction of sp³-hybridized carbons (Fsp3) is 0.433. The molecule has 0 saturated carbocycles. The smallest absolute Gasteiger partial charge is 0.429 e. The molecule has 2 aliphatic heterocycles. The molecule has 0 aliphatic carbocycles. The Hall–Kier alpha value is -3.86. The summed E-state index contributed by atoms with van der Waals surface area (Å²) in [6.45, 7) is 3.85. The normalized spacial score (nSPS) is 19.3. The molecule has 1 aromatic heterocycles. The van der Waals surface area contributed by atoms with Crippen LogP contribution in [0.4, 0.5) is 24.9 Å². The van der Waals surface area contributed by atoms with Crippen LogP contribution in [0.15, 0.2) is 54.6 Å². The van der Waals surface area contributed by atoms with Gasteiger partial charge in [0.25, 0.3) is 0 Å². The molecule has 4 N–H and O–H groups in total.